The average molecular weight is 343 g/mol. The van der Waals surface area contributed by atoms with Gasteiger partial charge in [-0.15, -0.1) is 0 Å². The zero-order chi connectivity index (χ0) is 17.1. The fourth-order valence-electron chi connectivity index (χ4n) is 2.45. The Bertz CT molecular complexity index is 1050. The lowest BCUT2D eigenvalue weighted by Crippen LogP contribution is -1.84. The number of nitrogens with zero attached hydrogens (tertiary/aromatic N) is 2. The number of furan rings is 1. The van der Waals surface area contributed by atoms with Crippen molar-refractivity contribution in [2.75, 3.05) is 0 Å². The Labute approximate surface area is 148 Å². The number of benzene rings is 2. The maximum absolute atomic E-state index is 9.48. The predicted molar refractivity (Wildman–Crippen MR) is 98.9 cm³/mol. The van der Waals surface area contributed by atoms with Crippen molar-refractivity contribution in [3.8, 4) is 6.07 Å². The molecule has 4 aromatic rings. The summed E-state index contributed by atoms with van der Waals surface area (Å²) in [5, 5.41) is 10.3. The number of allylic oxidation sites excluding steroid dienone is 1. The van der Waals surface area contributed by atoms with E-state index in [1.807, 2.05) is 66.7 Å². The molecule has 0 fully saturated rings. The van der Waals surface area contributed by atoms with Gasteiger partial charge in [-0.3, -0.25) is 0 Å². The molecule has 0 aliphatic rings. The van der Waals surface area contributed by atoms with Crippen molar-refractivity contribution in [2.24, 2.45) is 0 Å². The zero-order valence-corrected chi connectivity index (χ0v) is 14.0. The molecule has 25 heavy (non-hydrogen) atoms. The van der Waals surface area contributed by atoms with Gasteiger partial charge in [0.2, 0.25) is 0 Å². The number of hydrogen-bond acceptors (Lipinski definition) is 4. The molecule has 2 aromatic heterocycles. The van der Waals surface area contributed by atoms with Gasteiger partial charge in [0, 0.05) is 11.0 Å². The van der Waals surface area contributed by atoms with E-state index >= 15 is 0 Å². The first-order valence-corrected chi connectivity index (χ1v) is 8.53. The normalized spacial score (nSPS) is 11.6. The molecule has 0 amide bonds. The minimum atomic E-state index is 0.432. The number of nitrogens with one attached hydrogen (secondary N) is 1. The van der Waals surface area contributed by atoms with Gasteiger partial charge in [0.05, 0.1) is 16.6 Å². The highest BCUT2D eigenvalue weighted by molar-refractivity contribution is 7.99. The van der Waals surface area contributed by atoms with Crippen molar-refractivity contribution in [1.82, 2.24) is 9.97 Å². The predicted octanol–water partition coefficient (Wildman–Crippen LogP) is 5.37. The van der Waals surface area contributed by atoms with Gasteiger partial charge in [0.1, 0.15) is 17.7 Å². The number of nitriles is 1. The van der Waals surface area contributed by atoms with Crippen LogP contribution in [-0.2, 0) is 0 Å². The maximum Gasteiger partial charge on any atom is 0.165 e. The van der Waals surface area contributed by atoms with Gasteiger partial charge in [0.25, 0.3) is 0 Å². The number of fused-ring (bicyclic) bond motifs is 1. The van der Waals surface area contributed by atoms with Gasteiger partial charge < -0.3 is 9.40 Å². The lowest BCUT2D eigenvalue weighted by molar-refractivity contribution is 0.466. The van der Waals surface area contributed by atoms with Gasteiger partial charge >= 0.3 is 0 Å². The van der Waals surface area contributed by atoms with E-state index in [1.165, 1.54) is 0 Å². The number of rotatable bonds is 4. The number of aromatic nitrogens is 2. The van der Waals surface area contributed by atoms with Crippen molar-refractivity contribution >= 4 is 34.4 Å². The third-order valence-electron chi connectivity index (χ3n) is 3.62. The van der Waals surface area contributed by atoms with Gasteiger partial charge in [-0.2, -0.15) is 5.26 Å². The lowest BCUT2D eigenvalue weighted by Gasteiger charge is -1.96. The standard InChI is InChI=1S/C20H13N3OS/c21-13-14(20-22-17-8-4-5-9-18(17)23-20)12-15-10-11-19(24-15)25-16-6-2-1-3-7-16/h1-12H,(H,22,23). The third kappa shape index (κ3) is 3.35. The van der Waals surface area contributed by atoms with Gasteiger partial charge in [0.15, 0.2) is 5.09 Å². The van der Waals surface area contributed by atoms with Crippen LogP contribution < -0.4 is 0 Å². The van der Waals surface area contributed by atoms with Crippen LogP contribution in [0, 0.1) is 11.3 Å². The first kappa shape index (κ1) is 15.3. The second-order valence-corrected chi connectivity index (χ2v) is 6.42. The number of para-hydroxylation sites is 2. The molecule has 0 unspecified atom stereocenters. The van der Waals surface area contributed by atoms with Crippen LogP contribution in [0.2, 0.25) is 0 Å². The summed E-state index contributed by atoms with van der Waals surface area (Å²) in [4.78, 5) is 8.73. The number of hydrogen-bond donors (Lipinski definition) is 1. The van der Waals surface area contributed by atoms with Crippen LogP contribution >= 0.6 is 11.8 Å². The number of aromatic amines is 1. The topological polar surface area (TPSA) is 65.6 Å². The fourth-order valence-corrected chi connectivity index (χ4v) is 3.25. The molecule has 0 radical (unpaired) electrons. The van der Waals surface area contributed by atoms with Crippen LogP contribution in [0.3, 0.4) is 0 Å². The van der Waals surface area contributed by atoms with Crippen molar-refractivity contribution < 1.29 is 4.42 Å². The van der Waals surface area contributed by atoms with Crippen LogP contribution in [-0.4, -0.2) is 9.97 Å². The molecule has 2 aromatic carbocycles. The Balaban J connectivity index is 1.61. The molecule has 2 heterocycles. The highest BCUT2D eigenvalue weighted by Crippen LogP contribution is 2.30. The molecule has 0 aliphatic carbocycles. The van der Waals surface area contributed by atoms with Crippen LogP contribution in [0.25, 0.3) is 22.7 Å². The third-order valence-corrected chi connectivity index (χ3v) is 4.54. The van der Waals surface area contributed by atoms with Gasteiger partial charge in [-0.1, -0.05) is 42.1 Å². The average Bonchev–Trinajstić information content (AvgIpc) is 3.27. The minimum absolute atomic E-state index is 0.432. The highest BCUT2D eigenvalue weighted by Gasteiger charge is 2.09. The molecule has 0 atom stereocenters. The van der Waals surface area contributed by atoms with Crippen LogP contribution in [0.5, 0.6) is 0 Å². The summed E-state index contributed by atoms with van der Waals surface area (Å²) in [5.41, 5.74) is 2.17. The molecule has 0 bridgehead atoms. The van der Waals surface area contributed by atoms with E-state index in [4.69, 9.17) is 4.42 Å². The van der Waals surface area contributed by atoms with Crippen molar-refractivity contribution in [1.29, 1.82) is 5.26 Å². The van der Waals surface area contributed by atoms with Crippen LogP contribution in [0.15, 0.2) is 81.1 Å². The van der Waals surface area contributed by atoms with Crippen molar-refractivity contribution in [3.05, 3.63) is 78.3 Å². The summed E-state index contributed by atoms with van der Waals surface area (Å²) in [5.74, 6) is 1.16. The molecule has 0 spiro atoms. The fraction of sp³-hybridized carbons (Fsp3) is 0. The summed E-state index contributed by atoms with van der Waals surface area (Å²) < 4.78 is 5.81. The molecule has 0 aliphatic heterocycles. The first-order valence-electron chi connectivity index (χ1n) is 7.71. The largest absolute Gasteiger partial charge is 0.450 e. The monoisotopic (exact) mass is 343 g/mol. The smallest absolute Gasteiger partial charge is 0.165 e. The number of H-pyrrole nitrogens is 1. The second kappa shape index (κ2) is 6.71. The summed E-state index contributed by atoms with van der Waals surface area (Å²) in [6.07, 6.45) is 1.70. The molecular weight excluding hydrogens is 330 g/mol. The van der Waals surface area contributed by atoms with Gasteiger partial charge in [-0.25, -0.2) is 4.98 Å². The quantitative estimate of drug-likeness (QED) is 0.506. The van der Waals surface area contributed by atoms with Crippen LogP contribution in [0.4, 0.5) is 0 Å². The lowest BCUT2D eigenvalue weighted by atomic mass is 10.2. The van der Waals surface area contributed by atoms with Gasteiger partial charge in [-0.05, 0) is 36.4 Å². The zero-order valence-electron chi connectivity index (χ0n) is 13.1. The maximum atomic E-state index is 9.48. The Morgan fingerprint density at radius 2 is 1.84 bits per heavy atom. The first-order chi connectivity index (χ1) is 12.3. The molecule has 4 nitrogen and oxygen atoms in total. The van der Waals surface area contributed by atoms with E-state index in [-0.39, 0.29) is 0 Å². The SMILES string of the molecule is N#CC(=Cc1ccc(Sc2ccccc2)o1)c1nc2ccccc2[nH]1. The van der Waals surface area contributed by atoms with Crippen molar-refractivity contribution in [2.45, 2.75) is 9.99 Å². The summed E-state index contributed by atoms with van der Waals surface area (Å²) >= 11 is 1.54. The molecule has 0 saturated carbocycles. The van der Waals surface area contributed by atoms with E-state index < -0.39 is 0 Å². The van der Waals surface area contributed by atoms with E-state index in [0.717, 1.165) is 21.0 Å². The molecule has 5 heteroatoms. The van der Waals surface area contributed by atoms with E-state index in [1.54, 1.807) is 17.8 Å². The molecule has 0 saturated heterocycles. The van der Waals surface area contributed by atoms with Crippen LogP contribution in [0.1, 0.15) is 11.6 Å². The molecule has 1 N–H and O–H groups in total. The van der Waals surface area contributed by atoms with E-state index in [2.05, 4.69) is 16.0 Å². The Kier molecular flexibility index (Phi) is 4.11. The highest BCUT2D eigenvalue weighted by atomic mass is 32.2. The van der Waals surface area contributed by atoms with E-state index in [0.29, 0.717) is 17.2 Å². The summed E-state index contributed by atoms with van der Waals surface area (Å²) in [6, 6.07) is 23.6. The van der Waals surface area contributed by atoms with Crippen molar-refractivity contribution in [3.63, 3.8) is 0 Å². The molecule has 4 rings (SSSR count). The molecule has 120 valence electrons. The Morgan fingerprint density at radius 1 is 1.04 bits per heavy atom. The Morgan fingerprint density at radius 3 is 2.64 bits per heavy atom. The second-order valence-electron chi connectivity index (χ2n) is 5.34. The van der Waals surface area contributed by atoms with E-state index in [9.17, 15) is 5.26 Å². The Hall–Kier alpha value is -3.23. The minimum Gasteiger partial charge on any atom is -0.450 e. The summed E-state index contributed by atoms with van der Waals surface area (Å²) in [7, 11) is 0. The molecular formula is C20H13N3OS. The summed E-state index contributed by atoms with van der Waals surface area (Å²) in [6.45, 7) is 0. The number of imidazole rings is 1.